The SMILES string of the molecule is c1cc2c(cc1CCN1CCCCCC1)CNC2. The largest absolute Gasteiger partial charge is 0.309 e. The molecule has 0 bridgehead atoms. The Hall–Kier alpha value is -0.860. The van der Waals surface area contributed by atoms with Crippen molar-refractivity contribution in [2.45, 2.75) is 45.2 Å². The second kappa shape index (κ2) is 5.85. The molecule has 18 heavy (non-hydrogen) atoms. The van der Waals surface area contributed by atoms with Crippen LogP contribution in [0.15, 0.2) is 18.2 Å². The molecule has 0 radical (unpaired) electrons. The normalized spacial score (nSPS) is 20.7. The maximum atomic E-state index is 3.42. The third-order valence-corrected chi connectivity index (χ3v) is 4.32. The minimum Gasteiger partial charge on any atom is -0.309 e. The van der Waals surface area contributed by atoms with Crippen LogP contribution in [0.2, 0.25) is 0 Å². The smallest absolute Gasteiger partial charge is 0.0212 e. The molecule has 0 spiro atoms. The second-order valence-electron chi connectivity index (χ2n) is 5.71. The van der Waals surface area contributed by atoms with E-state index in [9.17, 15) is 0 Å². The molecule has 1 saturated heterocycles. The quantitative estimate of drug-likeness (QED) is 0.879. The monoisotopic (exact) mass is 244 g/mol. The summed E-state index contributed by atoms with van der Waals surface area (Å²) in [5.41, 5.74) is 4.53. The summed E-state index contributed by atoms with van der Waals surface area (Å²) in [6.45, 7) is 5.99. The molecule has 0 saturated carbocycles. The topological polar surface area (TPSA) is 15.3 Å². The molecule has 1 aromatic carbocycles. The fourth-order valence-electron chi connectivity index (χ4n) is 3.15. The van der Waals surface area contributed by atoms with Gasteiger partial charge in [0.25, 0.3) is 0 Å². The van der Waals surface area contributed by atoms with Crippen molar-refractivity contribution in [2.24, 2.45) is 0 Å². The van der Waals surface area contributed by atoms with Crippen LogP contribution < -0.4 is 5.32 Å². The maximum Gasteiger partial charge on any atom is 0.0212 e. The summed E-state index contributed by atoms with van der Waals surface area (Å²) >= 11 is 0. The van der Waals surface area contributed by atoms with E-state index < -0.39 is 0 Å². The van der Waals surface area contributed by atoms with E-state index in [4.69, 9.17) is 0 Å². The van der Waals surface area contributed by atoms with Gasteiger partial charge in [0.05, 0.1) is 0 Å². The molecule has 0 unspecified atom stereocenters. The Balaban J connectivity index is 1.56. The summed E-state index contributed by atoms with van der Waals surface area (Å²) in [6.07, 6.45) is 6.87. The number of likely N-dealkylation sites (tertiary alicyclic amines) is 1. The zero-order chi connectivity index (χ0) is 12.2. The Labute approximate surface area is 110 Å². The van der Waals surface area contributed by atoms with Crippen LogP contribution in [0.3, 0.4) is 0 Å². The number of hydrogen-bond acceptors (Lipinski definition) is 2. The predicted molar refractivity (Wildman–Crippen MR) is 75.6 cm³/mol. The Kier molecular flexibility index (Phi) is 3.96. The second-order valence-corrected chi connectivity index (χ2v) is 5.71. The lowest BCUT2D eigenvalue weighted by atomic mass is 10.0. The van der Waals surface area contributed by atoms with Crippen LogP contribution in [0.5, 0.6) is 0 Å². The van der Waals surface area contributed by atoms with E-state index in [0.29, 0.717) is 0 Å². The van der Waals surface area contributed by atoms with Crippen molar-refractivity contribution in [3.05, 3.63) is 34.9 Å². The number of benzene rings is 1. The van der Waals surface area contributed by atoms with Crippen molar-refractivity contribution in [2.75, 3.05) is 19.6 Å². The van der Waals surface area contributed by atoms with E-state index in [2.05, 4.69) is 28.4 Å². The molecule has 0 aliphatic carbocycles. The summed E-state index contributed by atoms with van der Waals surface area (Å²) in [6, 6.07) is 7.05. The standard InChI is InChI=1S/C16H24N2/c1-2-4-9-18(8-3-1)10-7-14-5-6-15-12-17-13-16(15)11-14/h5-6,11,17H,1-4,7-10,12-13H2. The first-order valence-corrected chi connectivity index (χ1v) is 7.45. The van der Waals surface area contributed by atoms with Gasteiger partial charge in [0.1, 0.15) is 0 Å². The minimum atomic E-state index is 1.06. The number of nitrogens with one attached hydrogen (secondary N) is 1. The summed E-state index contributed by atoms with van der Waals surface area (Å²) in [5.74, 6) is 0. The highest BCUT2D eigenvalue weighted by Gasteiger charge is 2.11. The summed E-state index contributed by atoms with van der Waals surface area (Å²) in [7, 11) is 0. The average Bonchev–Trinajstić information content (AvgIpc) is 2.70. The highest BCUT2D eigenvalue weighted by atomic mass is 15.1. The van der Waals surface area contributed by atoms with E-state index >= 15 is 0 Å². The molecule has 3 rings (SSSR count). The first-order valence-electron chi connectivity index (χ1n) is 7.45. The highest BCUT2D eigenvalue weighted by Crippen LogP contribution is 2.18. The van der Waals surface area contributed by atoms with Crippen LogP contribution >= 0.6 is 0 Å². The van der Waals surface area contributed by atoms with E-state index in [1.807, 2.05) is 0 Å². The van der Waals surface area contributed by atoms with Gasteiger partial charge in [-0.15, -0.1) is 0 Å². The molecule has 98 valence electrons. The number of rotatable bonds is 3. The van der Waals surface area contributed by atoms with E-state index in [-0.39, 0.29) is 0 Å². The summed E-state index contributed by atoms with van der Waals surface area (Å²) in [4.78, 5) is 2.65. The van der Waals surface area contributed by atoms with Crippen molar-refractivity contribution >= 4 is 0 Å². The molecule has 2 aliphatic rings. The average molecular weight is 244 g/mol. The number of nitrogens with zero attached hydrogens (tertiary/aromatic N) is 1. The lowest BCUT2D eigenvalue weighted by Crippen LogP contribution is -2.26. The van der Waals surface area contributed by atoms with Gasteiger partial charge in [-0.3, -0.25) is 0 Å². The van der Waals surface area contributed by atoms with Crippen LogP contribution in [-0.4, -0.2) is 24.5 Å². The van der Waals surface area contributed by atoms with E-state index in [0.717, 1.165) is 13.1 Å². The lowest BCUT2D eigenvalue weighted by Gasteiger charge is -2.19. The summed E-state index contributed by atoms with van der Waals surface area (Å²) < 4.78 is 0. The molecule has 0 aromatic heterocycles. The van der Waals surface area contributed by atoms with Crippen LogP contribution in [0.25, 0.3) is 0 Å². The van der Waals surface area contributed by atoms with E-state index in [1.54, 1.807) is 0 Å². The van der Waals surface area contributed by atoms with Gasteiger partial charge in [-0.05, 0) is 49.0 Å². The molecule has 1 fully saturated rings. The lowest BCUT2D eigenvalue weighted by molar-refractivity contribution is 0.289. The zero-order valence-corrected chi connectivity index (χ0v) is 11.3. The maximum absolute atomic E-state index is 3.42. The Morgan fingerprint density at radius 3 is 2.56 bits per heavy atom. The minimum absolute atomic E-state index is 1.06. The Morgan fingerprint density at radius 1 is 0.944 bits per heavy atom. The van der Waals surface area contributed by atoms with Crippen molar-refractivity contribution in [3.63, 3.8) is 0 Å². The third-order valence-electron chi connectivity index (χ3n) is 4.32. The fourth-order valence-corrected chi connectivity index (χ4v) is 3.15. The van der Waals surface area contributed by atoms with Gasteiger partial charge >= 0.3 is 0 Å². The predicted octanol–water partition coefficient (Wildman–Crippen LogP) is 2.71. The Bertz CT molecular complexity index is 392. The van der Waals surface area contributed by atoms with Gasteiger partial charge in [0, 0.05) is 19.6 Å². The van der Waals surface area contributed by atoms with Crippen molar-refractivity contribution < 1.29 is 0 Å². The molecule has 0 amide bonds. The molecule has 2 aliphatic heterocycles. The summed E-state index contributed by atoms with van der Waals surface area (Å²) in [5, 5.41) is 3.42. The van der Waals surface area contributed by atoms with Crippen molar-refractivity contribution in [3.8, 4) is 0 Å². The van der Waals surface area contributed by atoms with Crippen LogP contribution in [0.4, 0.5) is 0 Å². The first-order chi connectivity index (χ1) is 8.92. The molecule has 1 aromatic rings. The van der Waals surface area contributed by atoms with Gasteiger partial charge in [-0.2, -0.15) is 0 Å². The van der Waals surface area contributed by atoms with Crippen molar-refractivity contribution in [1.82, 2.24) is 10.2 Å². The number of hydrogen-bond donors (Lipinski definition) is 1. The molecular weight excluding hydrogens is 220 g/mol. The zero-order valence-electron chi connectivity index (χ0n) is 11.3. The van der Waals surface area contributed by atoms with Crippen molar-refractivity contribution in [1.29, 1.82) is 0 Å². The highest BCUT2D eigenvalue weighted by molar-refractivity contribution is 5.34. The molecular formula is C16H24N2. The molecule has 2 heteroatoms. The third kappa shape index (κ3) is 2.93. The van der Waals surface area contributed by atoms with Crippen LogP contribution in [0, 0.1) is 0 Å². The van der Waals surface area contributed by atoms with E-state index in [1.165, 1.54) is 68.4 Å². The molecule has 1 N–H and O–H groups in total. The van der Waals surface area contributed by atoms with Gasteiger partial charge < -0.3 is 10.2 Å². The van der Waals surface area contributed by atoms with Gasteiger partial charge in [0.2, 0.25) is 0 Å². The van der Waals surface area contributed by atoms with Gasteiger partial charge in [-0.25, -0.2) is 0 Å². The van der Waals surface area contributed by atoms with Crippen LogP contribution in [-0.2, 0) is 19.5 Å². The molecule has 2 nitrogen and oxygen atoms in total. The van der Waals surface area contributed by atoms with Gasteiger partial charge in [-0.1, -0.05) is 31.0 Å². The molecule has 2 heterocycles. The number of fused-ring (bicyclic) bond motifs is 1. The van der Waals surface area contributed by atoms with Gasteiger partial charge in [0.15, 0.2) is 0 Å². The first kappa shape index (κ1) is 12.2. The Morgan fingerprint density at radius 2 is 1.72 bits per heavy atom. The van der Waals surface area contributed by atoms with Crippen LogP contribution in [0.1, 0.15) is 42.4 Å². The molecule has 0 atom stereocenters. The fraction of sp³-hybridized carbons (Fsp3) is 0.625.